The minimum atomic E-state index is 0.651. The van der Waals surface area contributed by atoms with E-state index in [0.717, 1.165) is 19.3 Å². The lowest BCUT2D eigenvalue weighted by atomic mass is 9.73. The normalized spacial score (nSPS) is 30.4. The van der Waals surface area contributed by atoms with Crippen LogP contribution in [0.1, 0.15) is 25.7 Å². The highest BCUT2D eigenvalue weighted by molar-refractivity contribution is 4.96. The largest absolute Gasteiger partial charge is 0.381 e. The third-order valence-corrected chi connectivity index (χ3v) is 4.11. The zero-order valence-electron chi connectivity index (χ0n) is 9.50. The van der Waals surface area contributed by atoms with Crippen molar-refractivity contribution in [3.8, 4) is 0 Å². The summed E-state index contributed by atoms with van der Waals surface area (Å²) in [6.07, 6.45) is 5.39. The first-order valence-corrected chi connectivity index (χ1v) is 6.40. The van der Waals surface area contributed by atoms with Gasteiger partial charge in [-0.3, -0.25) is 0 Å². The molecule has 1 saturated carbocycles. The Kier molecular flexibility index (Phi) is 2.71. The van der Waals surface area contributed by atoms with Crippen molar-refractivity contribution in [1.82, 2.24) is 10.2 Å². The highest BCUT2D eigenvalue weighted by Gasteiger charge is 2.43. The third-order valence-electron chi connectivity index (χ3n) is 4.11. The Morgan fingerprint density at radius 3 is 2.60 bits per heavy atom. The van der Waals surface area contributed by atoms with Crippen LogP contribution in [0, 0.1) is 5.41 Å². The second kappa shape index (κ2) is 4.04. The molecule has 3 fully saturated rings. The van der Waals surface area contributed by atoms with E-state index in [4.69, 9.17) is 4.74 Å². The second-order valence-corrected chi connectivity index (χ2v) is 5.55. The Morgan fingerprint density at radius 2 is 1.93 bits per heavy atom. The Morgan fingerprint density at radius 1 is 1.20 bits per heavy atom. The summed E-state index contributed by atoms with van der Waals surface area (Å²) in [5, 5.41) is 3.58. The molecule has 0 aromatic rings. The van der Waals surface area contributed by atoms with E-state index in [9.17, 15) is 0 Å². The number of hydrogen-bond acceptors (Lipinski definition) is 3. The van der Waals surface area contributed by atoms with Crippen LogP contribution in [0.25, 0.3) is 0 Å². The minimum Gasteiger partial charge on any atom is -0.381 e. The fourth-order valence-electron chi connectivity index (χ4n) is 2.90. The van der Waals surface area contributed by atoms with E-state index in [2.05, 4.69) is 10.2 Å². The highest BCUT2D eigenvalue weighted by atomic mass is 16.5. The van der Waals surface area contributed by atoms with Gasteiger partial charge in [0.15, 0.2) is 0 Å². The molecule has 3 aliphatic rings. The van der Waals surface area contributed by atoms with Gasteiger partial charge in [-0.25, -0.2) is 0 Å². The summed E-state index contributed by atoms with van der Waals surface area (Å²) in [4.78, 5) is 2.60. The molecular weight excluding hydrogens is 188 g/mol. The van der Waals surface area contributed by atoms with Gasteiger partial charge in [0.1, 0.15) is 0 Å². The summed E-state index contributed by atoms with van der Waals surface area (Å²) in [6.45, 7) is 7.07. The number of nitrogens with zero attached hydrogens (tertiary/aromatic N) is 1. The molecule has 0 aromatic heterocycles. The van der Waals surface area contributed by atoms with Crippen LogP contribution in [0.4, 0.5) is 0 Å². The molecule has 1 spiro atoms. The minimum absolute atomic E-state index is 0.651. The third kappa shape index (κ3) is 2.35. The summed E-state index contributed by atoms with van der Waals surface area (Å²) in [6, 6.07) is 0.864. The van der Waals surface area contributed by atoms with Crippen LogP contribution in [0.3, 0.4) is 0 Å². The van der Waals surface area contributed by atoms with Crippen molar-refractivity contribution in [2.75, 3.05) is 39.4 Å². The maximum atomic E-state index is 5.43. The van der Waals surface area contributed by atoms with E-state index >= 15 is 0 Å². The van der Waals surface area contributed by atoms with Crippen LogP contribution in [0.5, 0.6) is 0 Å². The molecule has 2 aliphatic heterocycles. The topological polar surface area (TPSA) is 24.5 Å². The summed E-state index contributed by atoms with van der Waals surface area (Å²) in [5.41, 5.74) is 0.651. The van der Waals surface area contributed by atoms with Gasteiger partial charge in [-0.2, -0.15) is 0 Å². The van der Waals surface area contributed by atoms with Crippen LogP contribution in [0.15, 0.2) is 0 Å². The summed E-state index contributed by atoms with van der Waals surface area (Å²) in [5.74, 6) is 0. The van der Waals surface area contributed by atoms with Crippen LogP contribution < -0.4 is 5.32 Å². The van der Waals surface area contributed by atoms with Gasteiger partial charge in [-0.15, -0.1) is 0 Å². The number of likely N-dealkylation sites (tertiary alicyclic amines) is 1. The average molecular weight is 210 g/mol. The lowest BCUT2D eigenvalue weighted by Gasteiger charge is -2.52. The zero-order chi connectivity index (χ0) is 10.1. The van der Waals surface area contributed by atoms with E-state index in [-0.39, 0.29) is 0 Å². The van der Waals surface area contributed by atoms with Crippen molar-refractivity contribution in [1.29, 1.82) is 0 Å². The molecule has 0 unspecified atom stereocenters. The first-order chi connectivity index (χ1) is 7.36. The van der Waals surface area contributed by atoms with Gasteiger partial charge in [-0.05, 0) is 25.7 Å². The Bertz CT molecular complexity index is 214. The number of hydrogen-bond donors (Lipinski definition) is 1. The van der Waals surface area contributed by atoms with Crippen molar-refractivity contribution < 1.29 is 4.74 Å². The van der Waals surface area contributed by atoms with Gasteiger partial charge in [0.2, 0.25) is 0 Å². The quantitative estimate of drug-likeness (QED) is 0.744. The maximum Gasteiger partial charge on any atom is 0.0472 e. The van der Waals surface area contributed by atoms with E-state index in [1.54, 1.807) is 0 Å². The van der Waals surface area contributed by atoms with Crippen molar-refractivity contribution >= 4 is 0 Å². The van der Waals surface area contributed by atoms with Gasteiger partial charge in [-0.1, -0.05) is 0 Å². The first kappa shape index (κ1) is 10.1. The van der Waals surface area contributed by atoms with E-state index in [1.165, 1.54) is 51.9 Å². The second-order valence-electron chi connectivity index (χ2n) is 5.55. The Labute approximate surface area is 92.2 Å². The molecule has 15 heavy (non-hydrogen) atoms. The zero-order valence-corrected chi connectivity index (χ0v) is 9.50. The van der Waals surface area contributed by atoms with Crippen LogP contribution in [-0.4, -0.2) is 50.3 Å². The van der Waals surface area contributed by atoms with Crippen LogP contribution in [0.2, 0.25) is 0 Å². The Balaban J connectivity index is 1.33. The molecule has 3 heteroatoms. The van der Waals surface area contributed by atoms with Gasteiger partial charge < -0.3 is 15.0 Å². The van der Waals surface area contributed by atoms with Crippen molar-refractivity contribution in [2.24, 2.45) is 5.41 Å². The van der Waals surface area contributed by atoms with Crippen LogP contribution in [-0.2, 0) is 4.74 Å². The molecule has 1 N–H and O–H groups in total. The molecule has 2 heterocycles. The fraction of sp³-hybridized carbons (Fsp3) is 1.00. The molecule has 1 aliphatic carbocycles. The molecule has 0 atom stereocenters. The Hall–Kier alpha value is -0.120. The average Bonchev–Trinajstić information content (AvgIpc) is 3.01. The molecule has 86 valence electrons. The molecular formula is C12H22N2O. The summed E-state index contributed by atoms with van der Waals surface area (Å²) < 4.78 is 5.43. The standard InChI is InChI=1S/C12H22N2O/c1-2-11(1)13-5-6-14-9-12(10-14)3-7-15-8-4-12/h11,13H,1-10H2. The monoisotopic (exact) mass is 210 g/mol. The van der Waals surface area contributed by atoms with Gasteiger partial charge in [0.25, 0.3) is 0 Å². The lowest BCUT2D eigenvalue weighted by molar-refractivity contribution is -0.0796. The smallest absolute Gasteiger partial charge is 0.0472 e. The SMILES string of the molecule is C(CN1CC2(CCOCC2)C1)NC1CC1. The van der Waals surface area contributed by atoms with Crippen LogP contribution >= 0.6 is 0 Å². The summed E-state index contributed by atoms with van der Waals surface area (Å²) >= 11 is 0. The number of rotatable bonds is 4. The van der Waals surface area contributed by atoms with Gasteiger partial charge >= 0.3 is 0 Å². The first-order valence-electron chi connectivity index (χ1n) is 6.40. The summed E-state index contributed by atoms with van der Waals surface area (Å²) in [7, 11) is 0. The lowest BCUT2D eigenvalue weighted by Crippen LogP contribution is -2.59. The maximum absolute atomic E-state index is 5.43. The van der Waals surface area contributed by atoms with Crippen molar-refractivity contribution in [3.63, 3.8) is 0 Å². The molecule has 0 aromatic carbocycles. The molecule has 2 saturated heterocycles. The predicted molar refractivity (Wildman–Crippen MR) is 60.0 cm³/mol. The molecule has 3 rings (SSSR count). The van der Waals surface area contributed by atoms with Gasteiger partial charge in [0, 0.05) is 50.8 Å². The molecule has 0 bridgehead atoms. The van der Waals surface area contributed by atoms with Gasteiger partial charge in [0.05, 0.1) is 0 Å². The van der Waals surface area contributed by atoms with E-state index < -0.39 is 0 Å². The molecule has 0 radical (unpaired) electrons. The molecule has 3 nitrogen and oxygen atoms in total. The van der Waals surface area contributed by atoms with Crippen molar-refractivity contribution in [2.45, 2.75) is 31.7 Å². The predicted octanol–water partition coefficient (Wildman–Crippen LogP) is 0.851. The fourth-order valence-corrected chi connectivity index (χ4v) is 2.90. The molecule has 0 amide bonds. The van der Waals surface area contributed by atoms with Crippen molar-refractivity contribution in [3.05, 3.63) is 0 Å². The highest BCUT2D eigenvalue weighted by Crippen LogP contribution is 2.39. The number of nitrogens with one attached hydrogen (secondary N) is 1. The number of ether oxygens (including phenoxy) is 1. The van der Waals surface area contributed by atoms with E-state index in [1.807, 2.05) is 0 Å². The van der Waals surface area contributed by atoms with E-state index in [0.29, 0.717) is 5.41 Å².